The second-order valence-corrected chi connectivity index (χ2v) is 5.53. The van der Waals surface area contributed by atoms with Gasteiger partial charge in [0.1, 0.15) is 0 Å². The number of nitrogens with one attached hydrogen (secondary N) is 1. The van der Waals surface area contributed by atoms with Gasteiger partial charge in [0.2, 0.25) is 5.95 Å². The van der Waals surface area contributed by atoms with Crippen LogP contribution in [0.2, 0.25) is 0 Å². The molecule has 1 saturated carbocycles. The Bertz CT molecular complexity index is 364. The predicted molar refractivity (Wildman–Crippen MR) is 78.5 cm³/mol. The van der Waals surface area contributed by atoms with Gasteiger partial charge in [0.05, 0.1) is 0 Å². The Hall–Kier alpha value is -1.03. The fourth-order valence-corrected chi connectivity index (χ4v) is 3.05. The van der Waals surface area contributed by atoms with Gasteiger partial charge in [-0.2, -0.15) is 0 Å². The lowest BCUT2D eigenvalue weighted by Gasteiger charge is -2.30. The van der Waals surface area contributed by atoms with E-state index < -0.39 is 0 Å². The van der Waals surface area contributed by atoms with E-state index in [4.69, 9.17) is 4.74 Å². The third kappa shape index (κ3) is 3.96. The van der Waals surface area contributed by atoms with Crippen molar-refractivity contribution in [3.8, 4) is 0 Å². The monoisotopic (exact) mass is 265 g/mol. The molecule has 2 atom stereocenters. The van der Waals surface area contributed by atoms with E-state index in [0.717, 1.165) is 31.4 Å². The summed E-state index contributed by atoms with van der Waals surface area (Å²) in [5.74, 6) is 1.92. The Labute approximate surface area is 116 Å². The molecule has 0 bridgehead atoms. The zero-order chi connectivity index (χ0) is 13.5. The number of imidazole rings is 1. The molecule has 1 aliphatic rings. The minimum Gasteiger partial charge on any atom is -0.385 e. The molecule has 1 fully saturated rings. The van der Waals surface area contributed by atoms with Crippen LogP contribution < -0.4 is 5.32 Å². The standard InChI is InChI=1S/C15H27N3O/c1-3-13-6-4-7-14(12-13)18-10-9-17-15(18)16-8-5-11-19-2/h9-10,13-14H,3-8,11-12H2,1-2H3,(H,16,17). The van der Waals surface area contributed by atoms with Gasteiger partial charge in [-0.15, -0.1) is 0 Å². The Morgan fingerprint density at radius 2 is 2.37 bits per heavy atom. The molecule has 0 amide bonds. The molecule has 1 N–H and O–H groups in total. The fourth-order valence-electron chi connectivity index (χ4n) is 3.05. The predicted octanol–water partition coefficient (Wildman–Crippen LogP) is 3.47. The summed E-state index contributed by atoms with van der Waals surface area (Å²) < 4.78 is 7.41. The summed E-state index contributed by atoms with van der Waals surface area (Å²) >= 11 is 0. The molecule has 2 unspecified atom stereocenters. The molecule has 0 saturated heterocycles. The van der Waals surface area contributed by atoms with Crippen LogP contribution in [0.1, 0.15) is 51.5 Å². The van der Waals surface area contributed by atoms with Gasteiger partial charge in [-0.25, -0.2) is 4.98 Å². The van der Waals surface area contributed by atoms with Crippen molar-refractivity contribution in [2.75, 3.05) is 25.6 Å². The van der Waals surface area contributed by atoms with Crippen LogP contribution in [-0.4, -0.2) is 29.8 Å². The zero-order valence-corrected chi connectivity index (χ0v) is 12.3. The van der Waals surface area contributed by atoms with Gasteiger partial charge in [-0.3, -0.25) is 0 Å². The van der Waals surface area contributed by atoms with Crippen LogP contribution in [0.3, 0.4) is 0 Å². The van der Waals surface area contributed by atoms with Crippen molar-refractivity contribution in [3.63, 3.8) is 0 Å². The molecule has 108 valence electrons. The first kappa shape index (κ1) is 14.4. The Balaban J connectivity index is 1.90. The van der Waals surface area contributed by atoms with Crippen LogP contribution in [-0.2, 0) is 4.74 Å². The highest BCUT2D eigenvalue weighted by Crippen LogP contribution is 2.35. The topological polar surface area (TPSA) is 39.1 Å². The van der Waals surface area contributed by atoms with Crippen molar-refractivity contribution < 1.29 is 4.74 Å². The quantitative estimate of drug-likeness (QED) is 0.767. The van der Waals surface area contributed by atoms with Crippen molar-refractivity contribution in [2.24, 2.45) is 5.92 Å². The van der Waals surface area contributed by atoms with Gasteiger partial charge in [0, 0.05) is 38.7 Å². The van der Waals surface area contributed by atoms with Gasteiger partial charge in [0.15, 0.2) is 0 Å². The molecule has 19 heavy (non-hydrogen) atoms. The number of hydrogen-bond donors (Lipinski definition) is 1. The maximum Gasteiger partial charge on any atom is 0.203 e. The Morgan fingerprint density at radius 1 is 1.47 bits per heavy atom. The summed E-state index contributed by atoms with van der Waals surface area (Å²) in [5, 5.41) is 3.43. The lowest BCUT2D eigenvalue weighted by Crippen LogP contribution is -2.20. The average molecular weight is 265 g/mol. The largest absolute Gasteiger partial charge is 0.385 e. The van der Waals surface area contributed by atoms with E-state index in [-0.39, 0.29) is 0 Å². The summed E-state index contributed by atoms with van der Waals surface area (Å²) in [6, 6.07) is 0.631. The normalized spacial score (nSPS) is 23.5. The van der Waals surface area contributed by atoms with Gasteiger partial charge in [-0.1, -0.05) is 26.2 Å². The number of anilines is 1. The number of aromatic nitrogens is 2. The molecule has 0 spiro atoms. The maximum atomic E-state index is 5.07. The first-order chi connectivity index (χ1) is 9.35. The molecule has 1 aromatic heterocycles. The summed E-state index contributed by atoms with van der Waals surface area (Å²) in [5.41, 5.74) is 0. The number of methoxy groups -OCH3 is 1. The van der Waals surface area contributed by atoms with Gasteiger partial charge >= 0.3 is 0 Å². The summed E-state index contributed by atoms with van der Waals surface area (Å²) in [6.45, 7) is 4.04. The first-order valence-corrected chi connectivity index (χ1v) is 7.60. The number of ether oxygens (including phenoxy) is 1. The van der Waals surface area contributed by atoms with Crippen molar-refractivity contribution in [3.05, 3.63) is 12.4 Å². The summed E-state index contributed by atoms with van der Waals surface area (Å²) in [6.07, 6.45) is 11.7. The van der Waals surface area contributed by atoms with Gasteiger partial charge in [-0.05, 0) is 25.2 Å². The molecule has 1 aliphatic carbocycles. The smallest absolute Gasteiger partial charge is 0.203 e. The maximum absolute atomic E-state index is 5.07. The Kier molecular flexibility index (Phi) is 5.70. The molecule has 0 aliphatic heterocycles. The highest BCUT2D eigenvalue weighted by Gasteiger charge is 2.23. The van der Waals surface area contributed by atoms with E-state index in [2.05, 4.69) is 28.0 Å². The minimum atomic E-state index is 0.631. The van der Waals surface area contributed by atoms with Crippen molar-refractivity contribution in [2.45, 2.75) is 51.5 Å². The molecule has 0 radical (unpaired) electrons. The molecule has 1 heterocycles. The molecular weight excluding hydrogens is 238 g/mol. The van der Waals surface area contributed by atoms with Gasteiger partial charge in [0.25, 0.3) is 0 Å². The molecule has 2 rings (SSSR count). The highest BCUT2D eigenvalue weighted by atomic mass is 16.5. The van der Waals surface area contributed by atoms with Crippen molar-refractivity contribution in [1.29, 1.82) is 0 Å². The third-order valence-corrected chi connectivity index (χ3v) is 4.20. The average Bonchev–Trinajstić information content (AvgIpc) is 2.92. The van der Waals surface area contributed by atoms with Crippen LogP contribution in [0.5, 0.6) is 0 Å². The summed E-state index contributed by atoms with van der Waals surface area (Å²) in [4.78, 5) is 4.45. The third-order valence-electron chi connectivity index (χ3n) is 4.20. The van der Waals surface area contributed by atoms with Gasteiger partial charge < -0.3 is 14.6 Å². The molecule has 4 nitrogen and oxygen atoms in total. The van der Waals surface area contributed by atoms with E-state index in [1.54, 1.807) is 7.11 Å². The van der Waals surface area contributed by atoms with Crippen LogP contribution in [0.4, 0.5) is 5.95 Å². The SMILES string of the molecule is CCC1CCCC(n2ccnc2NCCCOC)C1. The lowest BCUT2D eigenvalue weighted by molar-refractivity contribution is 0.197. The van der Waals surface area contributed by atoms with Crippen LogP contribution in [0.25, 0.3) is 0 Å². The fraction of sp³-hybridized carbons (Fsp3) is 0.800. The Morgan fingerprint density at radius 3 is 3.16 bits per heavy atom. The molecule has 0 aromatic carbocycles. The highest BCUT2D eigenvalue weighted by molar-refractivity contribution is 5.26. The zero-order valence-electron chi connectivity index (χ0n) is 12.3. The van der Waals surface area contributed by atoms with E-state index in [1.807, 2.05) is 6.20 Å². The van der Waals surface area contributed by atoms with Crippen LogP contribution >= 0.6 is 0 Å². The van der Waals surface area contributed by atoms with Crippen LogP contribution in [0, 0.1) is 5.92 Å². The number of nitrogens with zero attached hydrogens (tertiary/aromatic N) is 2. The van der Waals surface area contributed by atoms with Crippen LogP contribution in [0.15, 0.2) is 12.4 Å². The lowest BCUT2D eigenvalue weighted by atomic mass is 9.84. The van der Waals surface area contributed by atoms with Crippen molar-refractivity contribution >= 4 is 5.95 Å². The minimum absolute atomic E-state index is 0.631. The van der Waals surface area contributed by atoms with E-state index in [9.17, 15) is 0 Å². The molecule has 4 heteroatoms. The van der Waals surface area contributed by atoms with E-state index >= 15 is 0 Å². The van der Waals surface area contributed by atoms with Crippen molar-refractivity contribution in [1.82, 2.24) is 9.55 Å². The van der Waals surface area contributed by atoms with E-state index in [0.29, 0.717) is 6.04 Å². The first-order valence-electron chi connectivity index (χ1n) is 7.60. The number of hydrogen-bond acceptors (Lipinski definition) is 3. The number of rotatable bonds is 7. The summed E-state index contributed by atoms with van der Waals surface area (Å²) in [7, 11) is 1.74. The second kappa shape index (κ2) is 7.53. The molecule has 1 aromatic rings. The molecular formula is C15H27N3O. The van der Waals surface area contributed by atoms with E-state index in [1.165, 1.54) is 32.1 Å². The second-order valence-electron chi connectivity index (χ2n) is 5.53.